The summed E-state index contributed by atoms with van der Waals surface area (Å²) in [6.07, 6.45) is 4.37. The van der Waals surface area contributed by atoms with Crippen LogP contribution in [-0.2, 0) is 19.6 Å². The van der Waals surface area contributed by atoms with Crippen LogP contribution in [0.15, 0.2) is 72.9 Å². The average molecular weight is 542 g/mol. The normalized spacial score (nSPS) is 14.3. The number of aryl methyl sites for hydroxylation is 1. The summed E-state index contributed by atoms with van der Waals surface area (Å²) in [5.74, 6) is 0.307. The molecule has 1 fully saturated rings. The van der Waals surface area contributed by atoms with Gasteiger partial charge in [0.15, 0.2) is 0 Å². The third-order valence-electron chi connectivity index (χ3n) is 7.59. The minimum Gasteiger partial charge on any atom is -0.346 e. The van der Waals surface area contributed by atoms with Crippen LogP contribution in [0.3, 0.4) is 0 Å². The quantitative estimate of drug-likeness (QED) is 0.235. The van der Waals surface area contributed by atoms with Crippen molar-refractivity contribution in [1.29, 1.82) is 0 Å². The molecule has 0 aliphatic carbocycles. The lowest BCUT2D eigenvalue weighted by atomic mass is 9.99. The number of halogens is 1. The lowest BCUT2D eigenvalue weighted by Crippen LogP contribution is -2.32. The zero-order valence-corrected chi connectivity index (χ0v) is 23.0. The SMILES string of the molecule is CCn1cc(NC(=O)NCc2ccc(F)cc2)c2cc(NC(=O)c3ccc(CN4CCC(C)CC4)cc3)ccc21. The predicted molar refractivity (Wildman–Crippen MR) is 158 cm³/mol. The van der Waals surface area contributed by atoms with E-state index in [0.717, 1.165) is 48.6 Å². The van der Waals surface area contributed by atoms with Gasteiger partial charge in [-0.25, -0.2) is 9.18 Å². The van der Waals surface area contributed by atoms with Gasteiger partial charge in [-0.3, -0.25) is 9.69 Å². The predicted octanol–water partition coefficient (Wildman–Crippen LogP) is 6.61. The second-order valence-corrected chi connectivity index (χ2v) is 10.6. The van der Waals surface area contributed by atoms with Crippen molar-refractivity contribution in [3.63, 3.8) is 0 Å². The summed E-state index contributed by atoms with van der Waals surface area (Å²) in [5.41, 5.74) is 4.84. The fourth-order valence-electron chi connectivity index (χ4n) is 5.13. The molecule has 1 aromatic heterocycles. The number of anilines is 2. The molecule has 1 aliphatic rings. The number of hydrogen-bond acceptors (Lipinski definition) is 3. The second-order valence-electron chi connectivity index (χ2n) is 10.6. The molecule has 2 heterocycles. The Morgan fingerprint density at radius 3 is 2.33 bits per heavy atom. The minimum atomic E-state index is -0.368. The van der Waals surface area contributed by atoms with Gasteiger partial charge in [0, 0.05) is 42.5 Å². The summed E-state index contributed by atoms with van der Waals surface area (Å²) < 4.78 is 15.2. The number of nitrogens with one attached hydrogen (secondary N) is 3. The van der Waals surface area contributed by atoms with Gasteiger partial charge in [0.2, 0.25) is 0 Å². The molecule has 208 valence electrons. The van der Waals surface area contributed by atoms with Gasteiger partial charge >= 0.3 is 6.03 Å². The number of piperidine rings is 1. The van der Waals surface area contributed by atoms with Crippen molar-refractivity contribution in [3.8, 4) is 0 Å². The lowest BCUT2D eigenvalue weighted by Gasteiger charge is -2.30. The number of carbonyl (C=O) groups is 2. The van der Waals surface area contributed by atoms with Gasteiger partial charge in [-0.1, -0.05) is 31.2 Å². The van der Waals surface area contributed by atoms with E-state index in [1.165, 1.54) is 30.5 Å². The molecule has 5 rings (SSSR count). The fraction of sp³-hybridized carbons (Fsp3) is 0.312. The largest absolute Gasteiger partial charge is 0.346 e. The first-order chi connectivity index (χ1) is 19.4. The average Bonchev–Trinajstić information content (AvgIpc) is 3.30. The van der Waals surface area contributed by atoms with Crippen LogP contribution in [0.5, 0.6) is 0 Å². The molecule has 7 nitrogen and oxygen atoms in total. The second kappa shape index (κ2) is 12.3. The number of amides is 3. The molecule has 1 aliphatic heterocycles. The van der Waals surface area contributed by atoms with Crippen LogP contribution in [0.1, 0.15) is 48.2 Å². The van der Waals surface area contributed by atoms with E-state index in [9.17, 15) is 14.0 Å². The van der Waals surface area contributed by atoms with E-state index in [0.29, 0.717) is 16.9 Å². The van der Waals surface area contributed by atoms with Crippen LogP contribution < -0.4 is 16.0 Å². The Morgan fingerprint density at radius 1 is 0.925 bits per heavy atom. The monoisotopic (exact) mass is 541 g/mol. The number of urea groups is 1. The Balaban J connectivity index is 1.24. The maximum atomic E-state index is 13.1. The Hall–Kier alpha value is -4.17. The molecule has 0 unspecified atom stereocenters. The van der Waals surface area contributed by atoms with Gasteiger partial charge in [0.1, 0.15) is 5.82 Å². The van der Waals surface area contributed by atoms with Gasteiger partial charge in [0.25, 0.3) is 5.91 Å². The van der Waals surface area contributed by atoms with Crippen LogP contribution in [0.4, 0.5) is 20.6 Å². The molecule has 3 N–H and O–H groups in total. The van der Waals surface area contributed by atoms with Gasteiger partial charge in [0.05, 0.1) is 11.2 Å². The van der Waals surface area contributed by atoms with Gasteiger partial charge in [-0.15, -0.1) is 0 Å². The first-order valence-corrected chi connectivity index (χ1v) is 13.9. The van der Waals surface area contributed by atoms with E-state index in [2.05, 4.69) is 27.8 Å². The van der Waals surface area contributed by atoms with Crippen LogP contribution >= 0.6 is 0 Å². The van der Waals surface area contributed by atoms with E-state index in [-0.39, 0.29) is 24.3 Å². The first-order valence-electron chi connectivity index (χ1n) is 13.9. The molecule has 3 amide bonds. The molecule has 4 aromatic rings. The summed E-state index contributed by atoms with van der Waals surface area (Å²) in [7, 11) is 0. The Morgan fingerprint density at radius 2 is 1.62 bits per heavy atom. The van der Waals surface area contributed by atoms with Gasteiger partial charge in [-0.2, -0.15) is 0 Å². The number of rotatable bonds is 8. The molecule has 8 heteroatoms. The summed E-state index contributed by atoms with van der Waals surface area (Å²) in [4.78, 5) is 28.1. The molecule has 40 heavy (non-hydrogen) atoms. The van der Waals surface area contributed by atoms with Crippen molar-refractivity contribution in [2.24, 2.45) is 5.92 Å². The summed E-state index contributed by atoms with van der Waals surface area (Å²) in [6, 6.07) is 19.1. The van der Waals surface area contributed by atoms with E-state index in [1.807, 2.05) is 60.2 Å². The van der Waals surface area contributed by atoms with E-state index in [1.54, 1.807) is 12.1 Å². The van der Waals surface area contributed by atoms with Crippen molar-refractivity contribution in [3.05, 3.63) is 95.4 Å². The third-order valence-corrected chi connectivity index (χ3v) is 7.59. The highest BCUT2D eigenvalue weighted by molar-refractivity contribution is 6.07. The maximum Gasteiger partial charge on any atom is 0.319 e. The topological polar surface area (TPSA) is 78.4 Å². The van der Waals surface area contributed by atoms with Crippen LogP contribution in [0, 0.1) is 11.7 Å². The number of carbonyl (C=O) groups excluding carboxylic acids is 2. The molecule has 0 saturated carbocycles. The van der Waals surface area contributed by atoms with Crippen molar-refractivity contribution in [1.82, 2.24) is 14.8 Å². The Kier molecular flexibility index (Phi) is 8.45. The van der Waals surface area contributed by atoms with E-state index in [4.69, 9.17) is 0 Å². The van der Waals surface area contributed by atoms with Crippen molar-refractivity contribution in [2.45, 2.75) is 46.3 Å². The smallest absolute Gasteiger partial charge is 0.319 e. The molecule has 0 spiro atoms. The van der Waals surface area contributed by atoms with Crippen LogP contribution in [0.25, 0.3) is 10.9 Å². The molecule has 0 atom stereocenters. The zero-order chi connectivity index (χ0) is 28.1. The standard InChI is InChI=1S/C32H36FN5O2/c1-3-38-21-29(36-32(40)34-19-23-6-10-26(33)11-7-23)28-18-27(12-13-30(28)38)35-31(39)25-8-4-24(5-9-25)20-37-16-14-22(2)15-17-37/h4-13,18,21-22H,3,14-17,19-20H2,1-2H3,(H,35,39)(H2,34,36,40). The van der Waals surface area contributed by atoms with Crippen molar-refractivity contribution in [2.75, 3.05) is 23.7 Å². The Labute approximate surface area is 234 Å². The highest BCUT2D eigenvalue weighted by Gasteiger charge is 2.16. The first kappa shape index (κ1) is 27.4. The summed E-state index contributed by atoms with van der Waals surface area (Å²) in [6.45, 7) is 8.50. The van der Waals surface area contributed by atoms with Crippen LogP contribution in [-0.4, -0.2) is 34.5 Å². The van der Waals surface area contributed by atoms with Gasteiger partial charge in [-0.05, 0) is 92.4 Å². The number of aromatic nitrogens is 1. The summed E-state index contributed by atoms with van der Waals surface area (Å²) >= 11 is 0. The molecular formula is C32H36FN5O2. The zero-order valence-electron chi connectivity index (χ0n) is 23.0. The number of fused-ring (bicyclic) bond motifs is 1. The molecule has 3 aromatic carbocycles. The highest BCUT2D eigenvalue weighted by atomic mass is 19.1. The lowest BCUT2D eigenvalue weighted by molar-refractivity contribution is 0.102. The molecule has 0 bridgehead atoms. The number of benzene rings is 3. The highest BCUT2D eigenvalue weighted by Crippen LogP contribution is 2.29. The molecule has 0 radical (unpaired) electrons. The summed E-state index contributed by atoms with van der Waals surface area (Å²) in [5, 5.41) is 9.54. The van der Waals surface area contributed by atoms with Crippen molar-refractivity contribution < 1.29 is 14.0 Å². The van der Waals surface area contributed by atoms with E-state index < -0.39 is 0 Å². The minimum absolute atomic E-state index is 0.181. The molecular weight excluding hydrogens is 505 g/mol. The maximum absolute atomic E-state index is 13.1. The van der Waals surface area contributed by atoms with Gasteiger partial charge < -0.3 is 20.5 Å². The number of likely N-dealkylation sites (tertiary alicyclic amines) is 1. The fourth-order valence-corrected chi connectivity index (χ4v) is 5.13. The Bertz CT molecular complexity index is 1470. The molecule has 1 saturated heterocycles. The van der Waals surface area contributed by atoms with Crippen molar-refractivity contribution >= 4 is 34.2 Å². The number of hydrogen-bond donors (Lipinski definition) is 3. The van der Waals surface area contributed by atoms with E-state index >= 15 is 0 Å². The third kappa shape index (κ3) is 6.69. The number of nitrogens with zero attached hydrogens (tertiary/aromatic N) is 2. The van der Waals surface area contributed by atoms with Crippen LogP contribution in [0.2, 0.25) is 0 Å².